The first kappa shape index (κ1) is 25.2. The van der Waals surface area contributed by atoms with Gasteiger partial charge in [-0.15, -0.1) is 0 Å². The number of nitrogens with one attached hydrogen (secondary N) is 3. The summed E-state index contributed by atoms with van der Waals surface area (Å²) in [7, 11) is 0. The number of para-hydroxylation sites is 1. The van der Waals surface area contributed by atoms with E-state index in [1.165, 1.54) is 29.2 Å². The van der Waals surface area contributed by atoms with Crippen LogP contribution in [0.5, 0.6) is 0 Å². The molecular formula is C26H27FN4O4. The van der Waals surface area contributed by atoms with Gasteiger partial charge in [0.15, 0.2) is 0 Å². The van der Waals surface area contributed by atoms with Crippen molar-refractivity contribution in [1.29, 1.82) is 0 Å². The molecule has 0 heterocycles. The molecule has 9 heteroatoms. The summed E-state index contributed by atoms with van der Waals surface area (Å²) in [6.45, 7) is 2.60. The summed E-state index contributed by atoms with van der Waals surface area (Å²) < 4.78 is 18.3. The lowest BCUT2D eigenvalue weighted by Crippen LogP contribution is -2.38. The Morgan fingerprint density at radius 3 is 2.17 bits per heavy atom. The number of nitrogens with zero attached hydrogens (tertiary/aromatic N) is 1. The molecule has 0 bridgehead atoms. The Morgan fingerprint density at radius 1 is 0.857 bits per heavy atom. The van der Waals surface area contributed by atoms with Crippen molar-refractivity contribution < 1.29 is 23.5 Å². The lowest BCUT2D eigenvalue weighted by atomic mass is 10.2. The Bertz CT molecular complexity index is 1120. The minimum Gasteiger partial charge on any atom is -0.462 e. The van der Waals surface area contributed by atoms with Crippen molar-refractivity contribution in [3.05, 3.63) is 90.2 Å². The van der Waals surface area contributed by atoms with E-state index in [-0.39, 0.29) is 12.6 Å². The highest BCUT2D eigenvalue weighted by molar-refractivity contribution is 6.01. The Balaban J connectivity index is 1.52. The third-order valence-electron chi connectivity index (χ3n) is 4.91. The summed E-state index contributed by atoms with van der Waals surface area (Å²) >= 11 is 0. The smallest absolute Gasteiger partial charge is 0.338 e. The van der Waals surface area contributed by atoms with Gasteiger partial charge in [0, 0.05) is 30.2 Å². The van der Waals surface area contributed by atoms with Crippen LogP contribution in [-0.4, -0.2) is 37.7 Å². The van der Waals surface area contributed by atoms with Crippen molar-refractivity contribution in [2.45, 2.75) is 13.3 Å². The number of urea groups is 2. The molecule has 0 saturated carbocycles. The molecule has 182 valence electrons. The number of esters is 1. The molecular weight excluding hydrogens is 451 g/mol. The number of hydrogen-bond acceptors (Lipinski definition) is 4. The van der Waals surface area contributed by atoms with E-state index in [2.05, 4.69) is 16.0 Å². The van der Waals surface area contributed by atoms with Gasteiger partial charge in [0.25, 0.3) is 0 Å². The van der Waals surface area contributed by atoms with Gasteiger partial charge in [-0.2, -0.15) is 0 Å². The minimum atomic E-state index is -0.425. The minimum absolute atomic E-state index is 0.285. The van der Waals surface area contributed by atoms with Gasteiger partial charge in [0.1, 0.15) is 5.82 Å². The lowest BCUT2D eigenvalue weighted by molar-refractivity contribution is 0.0526. The van der Waals surface area contributed by atoms with Gasteiger partial charge in [0.05, 0.1) is 12.2 Å². The van der Waals surface area contributed by atoms with E-state index in [4.69, 9.17) is 4.74 Å². The number of ether oxygens (including phenoxy) is 1. The second kappa shape index (κ2) is 12.7. The molecule has 0 saturated heterocycles. The number of hydrogen-bond donors (Lipinski definition) is 3. The molecule has 0 aromatic heterocycles. The lowest BCUT2D eigenvalue weighted by Gasteiger charge is -2.23. The fourth-order valence-corrected chi connectivity index (χ4v) is 3.20. The van der Waals surface area contributed by atoms with E-state index < -0.39 is 17.8 Å². The van der Waals surface area contributed by atoms with Crippen molar-refractivity contribution in [3.8, 4) is 0 Å². The molecule has 35 heavy (non-hydrogen) atoms. The molecule has 0 spiro atoms. The number of carbonyl (C=O) groups is 3. The second-order valence-corrected chi connectivity index (χ2v) is 7.46. The van der Waals surface area contributed by atoms with Crippen molar-refractivity contribution in [2.24, 2.45) is 0 Å². The molecule has 3 aromatic rings. The zero-order chi connectivity index (χ0) is 25.0. The summed E-state index contributed by atoms with van der Waals surface area (Å²) in [4.78, 5) is 38.3. The van der Waals surface area contributed by atoms with Gasteiger partial charge in [-0.25, -0.2) is 18.8 Å². The summed E-state index contributed by atoms with van der Waals surface area (Å²) in [5, 5.41) is 8.24. The molecule has 0 aliphatic rings. The predicted octanol–water partition coefficient (Wildman–Crippen LogP) is 5.25. The third kappa shape index (κ3) is 7.85. The third-order valence-corrected chi connectivity index (χ3v) is 4.91. The zero-order valence-electron chi connectivity index (χ0n) is 19.3. The molecule has 0 aliphatic heterocycles. The van der Waals surface area contributed by atoms with Crippen LogP contribution >= 0.6 is 0 Å². The average Bonchev–Trinajstić information content (AvgIpc) is 2.86. The molecule has 3 rings (SSSR count). The number of halogens is 1. The van der Waals surface area contributed by atoms with Crippen LogP contribution in [-0.2, 0) is 4.74 Å². The Kier molecular flexibility index (Phi) is 9.18. The van der Waals surface area contributed by atoms with Crippen LogP contribution in [0.4, 0.5) is 31.0 Å². The normalized spacial score (nSPS) is 10.2. The maximum absolute atomic E-state index is 13.4. The Labute approximate surface area is 203 Å². The molecule has 0 aliphatic carbocycles. The first-order valence-electron chi connectivity index (χ1n) is 11.2. The summed E-state index contributed by atoms with van der Waals surface area (Å²) in [5.74, 6) is -0.823. The molecule has 0 unspecified atom stereocenters. The van der Waals surface area contributed by atoms with Crippen LogP contribution in [0.1, 0.15) is 23.7 Å². The van der Waals surface area contributed by atoms with Crippen molar-refractivity contribution in [2.75, 3.05) is 35.2 Å². The van der Waals surface area contributed by atoms with Gasteiger partial charge in [-0.05, 0) is 74.0 Å². The first-order chi connectivity index (χ1) is 17.0. The molecule has 3 aromatic carbocycles. The number of rotatable bonds is 9. The SMILES string of the molecule is CCOC(=O)c1ccc(NC(=O)NCCCN(C(=O)Nc2ccccc2)c2ccc(F)cc2)cc1. The van der Waals surface area contributed by atoms with E-state index in [0.29, 0.717) is 42.1 Å². The highest BCUT2D eigenvalue weighted by atomic mass is 19.1. The largest absolute Gasteiger partial charge is 0.462 e. The maximum atomic E-state index is 13.4. The highest BCUT2D eigenvalue weighted by Gasteiger charge is 2.16. The molecule has 0 radical (unpaired) electrons. The van der Waals surface area contributed by atoms with Gasteiger partial charge in [-0.3, -0.25) is 4.90 Å². The van der Waals surface area contributed by atoms with Gasteiger partial charge >= 0.3 is 18.0 Å². The van der Waals surface area contributed by atoms with Gasteiger partial charge < -0.3 is 20.7 Å². The van der Waals surface area contributed by atoms with Gasteiger partial charge in [-0.1, -0.05) is 18.2 Å². The summed E-state index contributed by atoms with van der Waals surface area (Å²) in [6, 6.07) is 20.2. The van der Waals surface area contributed by atoms with E-state index in [0.717, 1.165) is 0 Å². The molecule has 4 amide bonds. The molecule has 3 N–H and O–H groups in total. The number of anilines is 3. The highest BCUT2D eigenvalue weighted by Crippen LogP contribution is 2.17. The van der Waals surface area contributed by atoms with Crippen LogP contribution in [0.15, 0.2) is 78.9 Å². The zero-order valence-corrected chi connectivity index (χ0v) is 19.3. The quantitative estimate of drug-likeness (QED) is 0.289. The van der Waals surface area contributed by atoms with Crippen molar-refractivity contribution in [3.63, 3.8) is 0 Å². The van der Waals surface area contributed by atoms with Crippen LogP contribution in [0.25, 0.3) is 0 Å². The molecule has 0 atom stereocenters. The Hall–Kier alpha value is -4.40. The van der Waals surface area contributed by atoms with Crippen LogP contribution < -0.4 is 20.9 Å². The topological polar surface area (TPSA) is 99.8 Å². The van der Waals surface area contributed by atoms with Crippen molar-refractivity contribution >= 4 is 35.1 Å². The van der Waals surface area contributed by atoms with Crippen molar-refractivity contribution in [1.82, 2.24) is 5.32 Å². The first-order valence-corrected chi connectivity index (χ1v) is 11.2. The van der Waals surface area contributed by atoms with E-state index >= 15 is 0 Å². The fourth-order valence-electron chi connectivity index (χ4n) is 3.20. The molecule has 8 nitrogen and oxygen atoms in total. The van der Waals surface area contributed by atoms with Gasteiger partial charge in [0.2, 0.25) is 0 Å². The standard InChI is InChI=1S/C26H27FN4O4/c1-2-35-24(32)19-9-13-22(14-10-19)29-25(33)28-17-6-18-31(23-15-11-20(27)12-16-23)26(34)30-21-7-4-3-5-8-21/h3-5,7-16H,2,6,17-18H2,1H3,(H,30,34)(H2,28,29,33). The van der Waals surface area contributed by atoms with E-state index in [1.54, 1.807) is 43.3 Å². The number of benzene rings is 3. The maximum Gasteiger partial charge on any atom is 0.338 e. The van der Waals surface area contributed by atoms with E-state index in [9.17, 15) is 18.8 Å². The van der Waals surface area contributed by atoms with Crippen LogP contribution in [0, 0.1) is 5.82 Å². The monoisotopic (exact) mass is 478 g/mol. The predicted molar refractivity (Wildman–Crippen MR) is 133 cm³/mol. The number of amides is 4. The molecule has 0 fully saturated rings. The van der Waals surface area contributed by atoms with Crippen LogP contribution in [0.3, 0.4) is 0 Å². The number of carbonyl (C=O) groups excluding carboxylic acids is 3. The van der Waals surface area contributed by atoms with Crippen LogP contribution in [0.2, 0.25) is 0 Å². The average molecular weight is 479 g/mol. The summed E-state index contributed by atoms with van der Waals surface area (Å²) in [6.07, 6.45) is 0.453. The summed E-state index contributed by atoms with van der Waals surface area (Å²) in [5.41, 5.74) is 2.08. The van der Waals surface area contributed by atoms with E-state index in [1.807, 2.05) is 18.2 Å². The second-order valence-electron chi connectivity index (χ2n) is 7.46. The Morgan fingerprint density at radius 2 is 1.51 bits per heavy atom. The fraction of sp³-hybridized carbons (Fsp3) is 0.192.